The van der Waals surface area contributed by atoms with Crippen LogP contribution in [0.2, 0.25) is 0 Å². The van der Waals surface area contributed by atoms with E-state index in [1.54, 1.807) is 12.4 Å². The van der Waals surface area contributed by atoms with E-state index < -0.39 is 0 Å². The summed E-state index contributed by atoms with van der Waals surface area (Å²) in [6.45, 7) is 3.05. The standard InChI is InChI=1S/C10H16N2O/c1-2-10(8-13)12-7-9-3-5-11-6-4-9/h3-6,10,12-13H,2,7-8H2,1H3/t10-/m0/s1. The van der Waals surface area contributed by atoms with Crippen molar-refractivity contribution in [3.05, 3.63) is 30.1 Å². The van der Waals surface area contributed by atoms with Crippen molar-refractivity contribution in [3.8, 4) is 0 Å². The van der Waals surface area contributed by atoms with E-state index in [0.717, 1.165) is 13.0 Å². The molecule has 0 unspecified atom stereocenters. The molecule has 0 aliphatic carbocycles. The predicted octanol–water partition coefficient (Wildman–Crippen LogP) is 0.942. The second kappa shape index (κ2) is 5.67. The summed E-state index contributed by atoms with van der Waals surface area (Å²) in [6.07, 6.45) is 4.50. The lowest BCUT2D eigenvalue weighted by molar-refractivity contribution is 0.238. The van der Waals surface area contributed by atoms with Crippen molar-refractivity contribution >= 4 is 0 Å². The normalized spacial score (nSPS) is 12.8. The Kier molecular flexibility index (Phi) is 4.43. The lowest BCUT2D eigenvalue weighted by atomic mass is 10.2. The van der Waals surface area contributed by atoms with Crippen LogP contribution in [0.5, 0.6) is 0 Å². The maximum Gasteiger partial charge on any atom is 0.0584 e. The van der Waals surface area contributed by atoms with Gasteiger partial charge in [0.05, 0.1) is 6.61 Å². The molecular weight excluding hydrogens is 164 g/mol. The van der Waals surface area contributed by atoms with Gasteiger partial charge in [-0.05, 0) is 24.1 Å². The average Bonchev–Trinajstić information content (AvgIpc) is 2.21. The van der Waals surface area contributed by atoms with E-state index in [1.807, 2.05) is 12.1 Å². The number of pyridine rings is 1. The van der Waals surface area contributed by atoms with Crippen LogP contribution in [0.15, 0.2) is 24.5 Å². The van der Waals surface area contributed by atoms with Crippen LogP contribution in [0.25, 0.3) is 0 Å². The van der Waals surface area contributed by atoms with Crippen molar-refractivity contribution in [1.82, 2.24) is 10.3 Å². The van der Waals surface area contributed by atoms with Crippen LogP contribution in [0, 0.1) is 0 Å². The van der Waals surface area contributed by atoms with Crippen molar-refractivity contribution < 1.29 is 5.11 Å². The Morgan fingerprint density at radius 3 is 2.69 bits per heavy atom. The van der Waals surface area contributed by atoms with Crippen LogP contribution in [-0.4, -0.2) is 22.7 Å². The zero-order valence-electron chi connectivity index (χ0n) is 7.90. The smallest absolute Gasteiger partial charge is 0.0584 e. The van der Waals surface area contributed by atoms with Crippen LogP contribution in [0.1, 0.15) is 18.9 Å². The van der Waals surface area contributed by atoms with Crippen molar-refractivity contribution in [2.75, 3.05) is 6.61 Å². The molecule has 3 heteroatoms. The molecule has 0 aliphatic heterocycles. The molecule has 0 aliphatic rings. The van der Waals surface area contributed by atoms with E-state index >= 15 is 0 Å². The topological polar surface area (TPSA) is 45.1 Å². The average molecular weight is 180 g/mol. The molecule has 0 aromatic carbocycles. The summed E-state index contributed by atoms with van der Waals surface area (Å²) in [4.78, 5) is 3.94. The molecule has 1 aromatic heterocycles. The van der Waals surface area contributed by atoms with Crippen LogP contribution in [-0.2, 0) is 6.54 Å². The summed E-state index contributed by atoms with van der Waals surface area (Å²) >= 11 is 0. The molecule has 3 nitrogen and oxygen atoms in total. The van der Waals surface area contributed by atoms with Gasteiger partial charge in [-0.1, -0.05) is 6.92 Å². The van der Waals surface area contributed by atoms with Gasteiger partial charge < -0.3 is 10.4 Å². The quantitative estimate of drug-likeness (QED) is 0.709. The Labute approximate surface area is 78.8 Å². The van der Waals surface area contributed by atoms with Crippen LogP contribution in [0.4, 0.5) is 0 Å². The number of aliphatic hydroxyl groups excluding tert-OH is 1. The SMILES string of the molecule is CC[C@@H](CO)NCc1ccncc1. The van der Waals surface area contributed by atoms with Crippen LogP contribution in [0.3, 0.4) is 0 Å². The minimum absolute atomic E-state index is 0.196. The third kappa shape index (κ3) is 3.53. The zero-order valence-corrected chi connectivity index (χ0v) is 7.90. The van der Waals surface area contributed by atoms with Gasteiger partial charge in [-0.3, -0.25) is 4.98 Å². The molecule has 0 saturated heterocycles. The molecule has 2 N–H and O–H groups in total. The highest BCUT2D eigenvalue weighted by Crippen LogP contribution is 1.97. The molecule has 0 amide bonds. The van der Waals surface area contributed by atoms with Crippen molar-refractivity contribution in [1.29, 1.82) is 0 Å². The largest absolute Gasteiger partial charge is 0.395 e. The van der Waals surface area contributed by atoms with Gasteiger partial charge in [0.1, 0.15) is 0 Å². The third-order valence-corrected chi connectivity index (χ3v) is 2.06. The molecule has 1 heterocycles. The second-order valence-corrected chi connectivity index (χ2v) is 3.02. The first-order valence-electron chi connectivity index (χ1n) is 4.60. The maximum atomic E-state index is 8.93. The first-order chi connectivity index (χ1) is 6.36. The Balaban J connectivity index is 2.34. The fourth-order valence-electron chi connectivity index (χ4n) is 1.10. The first kappa shape index (κ1) is 10.2. The molecule has 1 aromatic rings. The van der Waals surface area contributed by atoms with E-state index in [0.29, 0.717) is 0 Å². The van der Waals surface area contributed by atoms with Gasteiger partial charge in [0.25, 0.3) is 0 Å². The maximum absolute atomic E-state index is 8.93. The van der Waals surface area contributed by atoms with Crippen molar-refractivity contribution in [2.24, 2.45) is 0 Å². The fraction of sp³-hybridized carbons (Fsp3) is 0.500. The third-order valence-electron chi connectivity index (χ3n) is 2.06. The number of hydrogen-bond donors (Lipinski definition) is 2. The Bertz CT molecular complexity index is 222. The van der Waals surface area contributed by atoms with Gasteiger partial charge in [-0.25, -0.2) is 0 Å². The van der Waals surface area contributed by atoms with E-state index in [-0.39, 0.29) is 12.6 Å². The summed E-state index contributed by atoms with van der Waals surface area (Å²) in [5.74, 6) is 0. The highest BCUT2D eigenvalue weighted by atomic mass is 16.3. The summed E-state index contributed by atoms with van der Waals surface area (Å²) in [5.41, 5.74) is 1.20. The van der Waals surface area contributed by atoms with E-state index in [9.17, 15) is 0 Å². The van der Waals surface area contributed by atoms with Gasteiger partial charge in [0.2, 0.25) is 0 Å². The number of aliphatic hydroxyl groups is 1. The van der Waals surface area contributed by atoms with Crippen LogP contribution < -0.4 is 5.32 Å². The molecule has 0 bridgehead atoms. The van der Waals surface area contributed by atoms with E-state index in [1.165, 1.54) is 5.56 Å². The summed E-state index contributed by atoms with van der Waals surface area (Å²) < 4.78 is 0. The molecule has 1 rings (SSSR count). The number of nitrogens with zero attached hydrogens (tertiary/aromatic N) is 1. The second-order valence-electron chi connectivity index (χ2n) is 3.02. The summed E-state index contributed by atoms with van der Waals surface area (Å²) in [5, 5.41) is 12.2. The molecule has 0 saturated carbocycles. The Morgan fingerprint density at radius 1 is 1.46 bits per heavy atom. The molecule has 0 fully saturated rings. The summed E-state index contributed by atoms with van der Waals surface area (Å²) in [7, 11) is 0. The number of hydrogen-bond acceptors (Lipinski definition) is 3. The summed E-state index contributed by atoms with van der Waals surface area (Å²) in [6, 6.07) is 4.14. The predicted molar refractivity (Wildman–Crippen MR) is 52.2 cm³/mol. The lowest BCUT2D eigenvalue weighted by Gasteiger charge is -2.13. The van der Waals surface area contributed by atoms with Gasteiger partial charge >= 0.3 is 0 Å². The molecule has 0 radical (unpaired) electrons. The van der Waals surface area contributed by atoms with Crippen molar-refractivity contribution in [2.45, 2.75) is 25.9 Å². The molecule has 13 heavy (non-hydrogen) atoms. The van der Waals surface area contributed by atoms with Crippen LogP contribution >= 0.6 is 0 Å². The zero-order chi connectivity index (χ0) is 9.52. The fourth-order valence-corrected chi connectivity index (χ4v) is 1.10. The Hall–Kier alpha value is -0.930. The number of aromatic nitrogens is 1. The first-order valence-corrected chi connectivity index (χ1v) is 4.60. The molecule has 0 spiro atoms. The highest BCUT2D eigenvalue weighted by Gasteiger charge is 2.02. The lowest BCUT2D eigenvalue weighted by Crippen LogP contribution is -2.31. The number of rotatable bonds is 5. The highest BCUT2D eigenvalue weighted by molar-refractivity contribution is 5.09. The van der Waals surface area contributed by atoms with Gasteiger partial charge in [-0.15, -0.1) is 0 Å². The minimum atomic E-state index is 0.196. The molecular formula is C10H16N2O. The Morgan fingerprint density at radius 2 is 2.15 bits per heavy atom. The van der Waals surface area contributed by atoms with Gasteiger partial charge in [-0.2, -0.15) is 0 Å². The van der Waals surface area contributed by atoms with Crippen molar-refractivity contribution in [3.63, 3.8) is 0 Å². The van der Waals surface area contributed by atoms with Gasteiger partial charge in [0.15, 0.2) is 0 Å². The minimum Gasteiger partial charge on any atom is -0.395 e. The molecule has 72 valence electrons. The van der Waals surface area contributed by atoms with E-state index in [2.05, 4.69) is 17.2 Å². The monoisotopic (exact) mass is 180 g/mol. The van der Waals surface area contributed by atoms with Gasteiger partial charge in [0, 0.05) is 25.0 Å². The number of nitrogens with one attached hydrogen (secondary N) is 1. The van der Waals surface area contributed by atoms with E-state index in [4.69, 9.17) is 5.11 Å². The molecule has 1 atom stereocenters.